The van der Waals surface area contributed by atoms with Crippen molar-refractivity contribution in [3.63, 3.8) is 0 Å². The average molecular weight is 658 g/mol. The lowest BCUT2D eigenvalue weighted by atomic mass is 10.0. The summed E-state index contributed by atoms with van der Waals surface area (Å²) in [4.78, 5) is 29.9. The second-order valence-electron chi connectivity index (χ2n) is 11.5. The molecule has 0 aliphatic carbocycles. The van der Waals surface area contributed by atoms with Crippen LogP contribution < -0.4 is 19.1 Å². The third-order valence-electron chi connectivity index (χ3n) is 7.51. The second-order valence-corrected chi connectivity index (χ2v) is 13.4. The lowest BCUT2D eigenvalue weighted by Crippen LogP contribution is -2.54. The maximum Gasteiger partial charge on any atom is 0.264 e. The van der Waals surface area contributed by atoms with Gasteiger partial charge in [0.05, 0.1) is 24.3 Å². The molecule has 9 nitrogen and oxygen atoms in total. The van der Waals surface area contributed by atoms with E-state index < -0.39 is 28.5 Å². The van der Waals surface area contributed by atoms with Gasteiger partial charge in [-0.1, -0.05) is 60.2 Å². The number of carbonyl (C=O) groups excluding carboxylic acids is 2. The molecule has 0 spiro atoms. The zero-order valence-corrected chi connectivity index (χ0v) is 28.4. The summed E-state index contributed by atoms with van der Waals surface area (Å²) < 4.78 is 40.5. The normalized spacial score (nSPS) is 11.9. The monoisotopic (exact) mass is 657 g/mol. The van der Waals surface area contributed by atoms with E-state index in [1.54, 1.807) is 55.6 Å². The summed E-state index contributed by atoms with van der Waals surface area (Å²) in [5.41, 5.74) is 2.77. The number of carbonyl (C=O) groups is 2. The quantitative estimate of drug-likeness (QED) is 0.174. The summed E-state index contributed by atoms with van der Waals surface area (Å²) in [7, 11) is -2.65. The Bertz CT molecular complexity index is 1730. The Hall–Kier alpha value is -4.83. The van der Waals surface area contributed by atoms with Gasteiger partial charge in [-0.2, -0.15) is 0 Å². The smallest absolute Gasteiger partial charge is 0.264 e. The first kappa shape index (κ1) is 35.0. The highest BCUT2D eigenvalue weighted by Gasteiger charge is 2.35. The SMILES string of the molecule is CCOc1ccc(N(CC(=O)N(Cc2cccc(OC)c2)[C@H](Cc2ccccc2)C(=O)NC(C)C)S(=O)(=O)c2ccc(C)cc2)cc1. The van der Waals surface area contributed by atoms with Crippen molar-refractivity contribution < 1.29 is 27.5 Å². The molecule has 10 heteroatoms. The highest BCUT2D eigenvalue weighted by molar-refractivity contribution is 7.92. The van der Waals surface area contributed by atoms with E-state index in [1.807, 2.05) is 70.2 Å². The number of amides is 2. The lowest BCUT2D eigenvalue weighted by Gasteiger charge is -2.34. The van der Waals surface area contributed by atoms with E-state index in [1.165, 1.54) is 17.0 Å². The fourth-order valence-corrected chi connectivity index (χ4v) is 6.56. The van der Waals surface area contributed by atoms with Gasteiger partial charge in [0.15, 0.2) is 0 Å². The minimum Gasteiger partial charge on any atom is -0.497 e. The van der Waals surface area contributed by atoms with Crippen LogP contribution in [0.3, 0.4) is 0 Å². The van der Waals surface area contributed by atoms with Crippen LogP contribution in [0.25, 0.3) is 0 Å². The Labute approximate surface area is 278 Å². The van der Waals surface area contributed by atoms with Crippen molar-refractivity contribution in [2.24, 2.45) is 0 Å². The number of hydrogen-bond acceptors (Lipinski definition) is 6. The van der Waals surface area contributed by atoms with E-state index in [9.17, 15) is 18.0 Å². The molecule has 47 heavy (non-hydrogen) atoms. The van der Waals surface area contributed by atoms with Crippen molar-refractivity contribution >= 4 is 27.5 Å². The number of rotatable bonds is 15. The number of benzene rings is 4. The predicted molar refractivity (Wildman–Crippen MR) is 184 cm³/mol. The largest absolute Gasteiger partial charge is 0.497 e. The summed E-state index contributed by atoms with van der Waals surface area (Å²) >= 11 is 0. The van der Waals surface area contributed by atoms with Crippen LogP contribution in [-0.2, 0) is 32.6 Å². The van der Waals surface area contributed by atoms with Gasteiger partial charge in [0, 0.05) is 19.0 Å². The van der Waals surface area contributed by atoms with Crippen molar-refractivity contribution in [2.45, 2.75) is 57.6 Å². The molecular formula is C37H43N3O6S. The van der Waals surface area contributed by atoms with Gasteiger partial charge in [-0.3, -0.25) is 13.9 Å². The topological polar surface area (TPSA) is 105 Å². The average Bonchev–Trinajstić information content (AvgIpc) is 3.06. The summed E-state index contributed by atoms with van der Waals surface area (Å²) in [6.07, 6.45) is 0.225. The van der Waals surface area contributed by atoms with Crippen LogP contribution in [0.2, 0.25) is 0 Å². The molecule has 0 saturated carbocycles. The minimum atomic E-state index is -4.21. The van der Waals surface area contributed by atoms with Crippen LogP contribution in [-0.4, -0.2) is 57.5 Å². The molecule has 0 saturated heterocycles. The molecule has 0 bridgehead atoms. The van der Waals surface area contributed by atoms with Crippen molar-refractivity contribution in [3.8, 4) is 11.5 Å². The van der Waals surface area contributed by atoms with Crippen molar-refractivity contribution in [3.05, 3.63) is 120 Å². The molecule has 4 rings (SSSR count). The molecule has 0 aromatic heterocycles. The zero-order chi connectivity index (χ0) is 34.0. The number of nitrogens with one attached hydrogen (secondary N) is 1. The van der Waals surface area contributed by atoms with Crippen LogP contribution in [0.4, 0.5) is 5.69 Å². The van der Waals surface area contributed by atoms with Gasteiger partial charge in [-0.15, -0.1) is 0 Å². The third-order valence-corrected chi connectivity index (χ3v) is 9.30. The molecule has 248 valence electrons. The van der Waals surface area contributed by atoms with E-state index in [0.29, 0.717) is 18.1 Å². The number of sulfonamides is 1. The molecule has 4 aromatic rings. The van der Waals surface area contributed by atoms with Gasteiger partial charge in [-0.05, 0) is 87.4 Å². The molecule has 1 N–H and O–H groups in total. The van der Waals surface area contributed by atoms with E-state index >= 15 is 0 Å². The van der Waals surface area contributed by atoms with E-state index in [4.69, 9.17) is 9.47 Å². The number of anilines is 1. The molecular weight excluding hydrogens is 614 g/mol. The Morgan fingerprint density at radius 3 is 2.11 bits per heavy atom. The maximum atomic E-state index is 14.6. The van der Waals surface area contributed by atoms with E-state index in [0.717, 1.165) is 21.0 Å². The molecule has 0 aliphatic rings. The lowest BCUT2D eigenvalue weighted by molar-refractivity contribution is -0.140. The number of nitrogens with zero attached hydrogens (tertiary/aromatic N) is 2. The first-order valence-electron chi connectivity index (χ1n) is 15.6. The van der Waals surface area contributed by atoms with Gasteiger partial charge in [0.25, 0.3) is 10.0 Å². The Morgan fingerprint density at radius 2 is 1.49 bits per heavy atom. The molecule has 0 heterocycles. The molecule has 0 aliphatic heterocycles. The fraction of sp³-hybridized carbons (Fsp3) is 0.297. The van der Waals surface area contributed by atoms with Crippen LogP contribution >= 0.6 is 0 Å². The summed E-state index contributed by atoms with van der Waals surface area (Å²) in [5.74, 6) is 0.286. The van der Waals surface area contributed by atoms with Gasteiger partial charge >= 0.3 is 0 Å². The maximum absolute atomic E-state index is 14.6. The van der Waals surface area contributed by atoms with Crippen LogP contribution in [0, 0.1) is 6.92 Å². The van der Waals surface area contributed by atoms with Crippen molar-refractivity contribution in [1.29, 1.82) is 0 Å². The summed E-state index contributed by atoms with van der Waals surface area (Å²) in [6.45, 7) is 7.38. The molecule has 0 fully saturated rings. The Kier molecular flexibility index (Phi) is 12.0. The zero-order valence-electron chi connectivity index (χ0n) is 27.6. The number of ether oxygens (including phenoxy) is 2. The van der Waals surface area contributed by atoms with Crippen LogP contribution in [0.5, 0.6) is 11.5 Å². The second kappa shape index (κ2) is 16.1. The van der Waals surface area contributed by atoms with Gasteiger partial charge < -0.3 is 19.7 Å². The van der Waals surface area contributed by atoms with Gasteiger partial charge in [0.1, 0.15) is 24.1 Å². The predicted octanol–water partition coefficient (Wildman–Crippen LogP) is 5.76. The van der Waals surface area contributed by atoms with Crippen LogP contribution in [0.15, 0.2) is 108 Å². The molecule has 2 amide bonds. The fourth-order valence-electron chi connectivity index (χ4n) is 5.14. The summed E-state index contributed by atoms with van der Waals surface area (Å²) in [6, 6.07) is 28.6. The van der Waals surface area contributed by atoms with E-state index in [2.05, 4.69) is 5.32 Å². The van der Waals surface area contributed by atoms with Gasteiger partial charge in [-0.25, -0.2) is 8.42 Å². The molecule has 0 unspecified atom stereocenters. The first-order valence-corrected chi connectivity index (χ1v) is 17.0. The molecule has 0 radical (unpaired) electrons. The van der Waals surface area contributed by atoms with Crippen LogP contribution in [0.1, 0.15) is 37.5 Å². The standard InChI is InChI=1S/C37H43N3O6S/c1-6-46-32-19-17-31(18-20-32)40(47(43,44)34-21-15-28(4)16-22-34)26-36(41)39(25-30-13-10-14-33(23-30)45-5)35(37(42)38-27(2)3)24-29-11-8-7-9-12-29/h7-23,27,35H,6,24-26H2,1-5H3,(H,38,42)/t35-/m1/s1. The van der Waals surface area contributed by atoms with E-state index in [-0.39, 0.29) is 35.5 Å². The molecule has 4 aromatic carbocycles. The third kappa shape index (κ3) is 9.36. The minimum absolute atomic E-state index is 0.0424. The van der Waals surface area contributed by atoms with Crippen molar-refractivity contribution in [2.75, 3.05) is 24.6 Å². The highest BCUT2D eigenvalue weighted by Crippen LogP contribution is 2.27. The Balaban J connectivity index is 1.81. The number of methoxy groups -OCH3 is 1. The number of hydrogen-bond donors (Lipinski definition) is 1. The molecule has 1 atom stereocenters. The van der Waals surface area contributed by atoms with Crippen molar-refractivity contribution in [1.82, 2.24) is 10.2 Å². The number of aryl methyl sites for hydroxylation is 1. The Morgan fingerprint density at radius 1 is 0.830 bits per heavy atom. The first-order chi connectivity index (χ1) is 22.5. The summed E-state index contributed by atoms with van der Waals surface area (Å²) in [5, 5.41) is 2.97. The highest BCUT2D eigenvalue weighted by atomic mass is 32.2. The van der Waals surface area contributed by atoms with Gasteiger partial charge in [0.2, 0.25) is 11.8 Å².